The summed E-state index contributed by atoms with van der Waals surface area (Å²) in [4.78, 5) is 24.4. The molecule has 4 heteroatoms. The molecule has 4 nitrogen and oxygen atoms in total. The molecule has 0 aromatic carbocycles. The van der Waals surface area contributed by atoms with E-state index in [1.807, 2.05) is 19.9 Å². The predicted molar refractivity (Wildman–Crippen MR) is 72.2 cm³/mol. The molecule has 0 heterocycles. The molecule has 0 saturated heterocycles. The standard InChI is InChI=1S/C15H21NO3/c1-4-7-16-14(17)12-10-5-6-11(8-10)13(12)15(18)19-9(2)3/h4-6,9-13H,1,7-8H2,2-3H3,(H,16,17)/t10-,11+,12-,13-/m0/s1. The van der Waals surface area contributed by atoms with Crippen molar-refractivity contribution >= 4 is 11.9 Å². The number of fused-ring (bicyclic) bond motifs is 2. The molecule has 0 radical (unpaired) electrons. The van der Waals surface area contributed by atoms with E-state index in [1.165, 1.54) is 0 Å². The van der Waals surface area contributed by atoms with E-state index in [2.05, 4.69) is 18.0 Å². The molecule has 0 spiro atoms. The van der Waals surface area contributed by atoms with Crippen LogP contribution in [-0.2, 0) is 14.3 Å². The number of rotatable bonds is 5. The van der Waals surface area contributed by atoms with Gasteiger partial charge in [0.25, 0.3) is 0 Å². The highest BCUT2D eigenvalue weighted by atomic mass is 16.5. The van der Waals surface area contributed by atoms with Crippen molar-refractivity contribution in [2.45, 2.75) is 26.4 Å². The van der Waals surface area contributed by atoms with Crippen molar-refractivity contribution < 1.29 is 14.3 Å². The third kappa shape index (κ3) is 2.72. The van der Waals surface area contributed by atoms with Crippen LogP contribution < -0.4 is 5.32 Å². The fraction of sp³-hybridized carbons (Fsp3) is 0.600. The number of hydrogen-bond acceptors (Lipinski definition) is 3. The summed E-state index contributed by atoms with van der Waals surface area (Å²) < 4.78 is 5.30. The Morgan fingerprint density at radius 2 is 2.00 bits per heavy atom. The van der Waals surface area contributed by atoms with Crippen LogP contribution in [0.1, 0.15) is 20.3 Å². The molecule has 4 atom stereocenters. The van der Waals surface area contributed by atoms with Crippen LogP contribution in [0.4, 0.5) is 0 Å². The molecule has 2 rings (SSSR count). The lowest BCUT2D eigenvalue weighted by Gasteiger charge is -2.26. The van der Waals surface area contributed by atoms with E-state index in [0.29, 0.717) is 6.54 Å². The highest BCUT2D eigenvalue weighted by Crippen LogP contribution is 2.48. The maximum Gasteiger partial charge on any atom is 0.310 e. The van der Waals surface area contributed by atoms with Crippen LogP contribution in [0.15, 0.2) is 24.8 Å². The van der Waals surface area contributed by atoms with Crippen LogP contribution >= 0.6 is 0 Å². The van der Waals surface area contributed by atoms with Crippen molar-refractivity contribution in [3.8, 4) is 0 Å². The fourth-order valence-electron chi connectivity index (χ4n) is 3.10. The Kier molecular flexibility index (Phi) is 4.08. The molecule has 104 valence electrons. The minimum Gasteiger partial charge on any atom is -0.463 e. The van der Waals surface area contributed by atoms with Crippen molar-refractivity contribution in [1.82, 2.24) is 5.32 Å². The van der Waals surface area contributed by atoms with Gasteiger partial charge < -0.3 is 10.1 Å². The van der Waals surface area contributed by atoms with Gasteiger partial charge in [-0.05, 0) is 32.1 Å². The lowest BCUT2D eigenvalue weighted by atomic mass is 9.82. The van der Waals surface area contributed by atoms with Crippen molar-refractivity contribution in [1.29, 1.82) is 0 Å². The molecular formula is C15H21NO3. The number of carbonyl (C=O) groups is 2. The summed E-state index contributed by atoms with van der Waals surface area (Å²) in [5.41, 5.74) is 0. The van der Waals surface area contributed by atoms with Gasteiger partial charge in [0.1, 0.15) is 0 Å². The number of hydrogen-bond donors (Lipinski definition) is 1. The second kappa shape index (κ2) is 5.59. The number of esters is 1. The van der Waals surface area contributed by atoms with Gasteiger partial charge in [0.2, 0.25) is 5.91 Å². The first-order valence-corrected chi connectivity index (χ1v) is 6.82. The molecule has 2 aliphatic carbocycles. The lowest BCUT2D eigenvalue weighted by Crippen LogP contribution is -2.41. The Morgan fingerprint density at radius 3 is 2.58 bits per heavy atom. The van der Waals surface area contributed by atoms with Gasteiger partial charge in [0, 0.05) is 6.54 Å². The van der Waals surface area contributed by atoms with Crippen LogP contribution in [0.5, 0.6) is 0 Å². The third-order valence-corrected chi connectivity index (χ3v) is 3.81. The highest BCUT2D eigenvalue weighted by Gasteiger charge is 2.52. The number of nitrogens with one attached hydrogen (secondary N) is 1. The van der Waals surface area contributed by atoms with Crippen LogP contribution in [0.3, 0.4) is 0 Å². The van der Waals surface area contributed by atoms with Gasteiger partial charge >= 0.3 is 5.97 Å². The van der Waals surface area contributed by atoms with Crippen LogP contribution in [0, 0.1) is 23.7 Å². The van der Waals surface area contributed by atoms with Crippen molar-refractivity contribution in [3.63, 3.8) is 0 Å². The molecule has 0 aromatic heterocycles. The molecule has 0 aliphatic heterocycles. The Labute approximate surface area is 113 Å². The zero-order valence-electron chi connectivity index (χ0n) is 11.5. The molecule has 1 fully saturated rings. The second-order valence-electron chi connectivity index (χ2n) is 5.52. The smallest absolute Gasteiger partial charge is 0.310 e. The van der Waals surface area contributed by atoms with Gasteiger partial charge in [-0.3, -0.25) is 9.59 Å². The molecule has 0 unspecified atom stereocenters. The number of carbonyl (C=O) groups excluding carboxylic acids is 2. The second-order valence-corrected chi connectivity index (χ2v) is 5.52. The van der Waals surface area contributed by atoms with Crippen molar-refractivity contribution in [2.24, 2.45) is 23.7 Å². The summed E-state index contributed by atoms with van der Waals surface area (Å²) in [6.07, 6.45) is 6.48. The van der Waals surface area contributed by atoms with E-state index in [0.717, 1.165) is 6.42 Å². The van der Waals surface area contributed by atoms with E-state index < -0.39 is 0 Å². The van der Waals surface area contributed by atoms with E-state index >= 15 is 0 Å². The number of allylic oxidation sites excluding steroid dienone is 2. The summed E-state index contributed by atoms with van der Waals surface area (Å²) in [5.74, 6) is -0.619. The molecule has 2 bridgehead atoms. The normalized spacial score (nSPS) is 31.5. The first-order valence-electron chi connectivity index (χ1n) is 6.82. The van der Waals surface area contributed by atoms with E-state index in [9.17, 15) is 9.59 Å². The van der Waals surface area contributed by atoms with Crippen LogP contribution in [0.2, 0.25) is 0 Å². The summed E-state index contributed by atoms with van der Waals surface area (Å²) >= 11 is 0. The van der Waals surface area contributed by atoms with E-state index in [4.69, 9.17) is 4.74 Å². The largest absolute Gasteiger partial charge is 0.463 e. The van der Waals surface area contributed by atoms with Gasteiger partial charge in [0.15, 0.2) is 0 Å². The Hall–Kier alpha value is -1.58. The first kappa shape index (κ1) is 13.8. The Balaban J connectivity index is 2.11. The Morgan fingerprint density at radius 1 is 1.37 bits per heavy atom. The van der Waals surface area contributed by atoms with Gasteiger partial charge in [-0.2, -0.15) is 0 Å². The van der Waals surface area contributed by atoms with E-state index in [-0.39, 0.29) is 41.7 Å². The summed E-state index contributed by atoms with van der Waals surface area (Å²) in [7, 11) is 0. The summed E-state index contributed by atoms with van der Waals surface area (Å²) in [6, 6.07) is 0. The summed E-state index contributed by atoms with van der Waals surface area (Å²) in [5, 5.41) is 2.80. The molecule has 1 saturated carbocycles. The maximum absolute atomic E-state index is 12.2. The topological polar surface area (TPSA) is 55.4 Å². The lowest BCUT2D eigenvalue weighted by molar-refractivity contribution is -0.157. The quantitative estimate of drug-likeness (QED) is 0.606. The van der Waals surface area contributed by atoms with Gasteiger partial charge in [-0.15, -0.1) is 6.58 Å². The summed E-state index contributed by atoms with van der Waals surface area (Å²) in [6.45, 7) is 7.67. The van der Waals surface area contributed by atoms with Crippen molar-refractivity contribution in [3.05, 3.63) is 24.8 Å². The van der Waals surface area contributed by atoms with Gasteiger partial charge in [0.05, 0.1) is 17.9 Å². The predicted octanol–water partition coefficient (Wildman–Crippen LogP) is 1.68. The Bertz CT molecular complexity index is 414. The molecular weight excluding hydrogens is 242 g/mol. The SMILES string of the molecule is C=CCNC(=O)[C@@H]1[C@@H](C(=O)OC(C)C)[C@@H]2C=C[C@H]1C2. The molecule has 19 heavy (non-hydrogen) atoms. The molecule has 1 amide bonds. The third-order valence-electron chi connectivity index (χ3n) is 3.81. The average Bonchev–Trinajstić information content (AvgIpc) is 2.94. The molecule has 0 aromatic rings. The first-order chi connectivity index (χ1) is 9.04. The monoisotopic (exact) mass is 263 g/mol. The number of amides is 1. The van der Waals surface area contributed by atoms with E-state index in [1.54, 1.807) is 6.08 Å². The van der Waals surface area contributed by atoms with Crippen molar-refractivity contribution in [2.75, 3.05) is 6.54 Å². The maximum atomic E-state index is 12.2. The fourth-order valence-corrected chi connectivity index (χ4v) is 3.10. The zero-order valence-corrected chi connectivity index (χ0v) is 11.5. The van der Waals surface area contributed by atoms with Gasteiger partial charge in [-0.1, -0.05) is 18.2 Å². The van der Waals surface area contributed by atoms with Gasteiger partial charge in [-0.25, -0.2) is 0 Å². The average molecular weight is 263 g/mol. The highest BCUT2D eigenvalue weighted by molar-refractivity contribution is 5.87. The molecule has 1 N–H and O–H groups in total. The van der Waals surface area contributed by atoms with Crippen LogP contribution in [0.25, 0.3) is 0 Å². The minimum absolute atomic E-state index is 0.0672. The van der Waals surface area contributed by atoms with Crippen LogP contribution in [-0.4, -0.2) is 24.5 Å². The zero-order chi connectivity index (χ0) is 14.0. The number of ether oxygens (including phenoxy) is 1. The molecule has 2 aliphatic rings. The minimum atomic E-state index is -0.331.